The number of nitrogens with zero attached hydrogens (tertiary/aromatic N) is 2. The number of amides is 1. The van der Waals surface area contributed by atoms with Crippen molar-refractivity contribution in [3.63, 3.8) is 0 Å². The molecule has 0 unspecified atom stereocenters. The summed E-state index contributed by atoms with van der Waals surface area (Å²) in [6.45, 7) is 3.83. The van der Waals surface area contributed by atoms with Crippen LogP contribution in [0.4, 0.5) is 5.69 Å². The largest absolute Gasteiger partial charge is 0.497 e. The third-order valence-electron chi connectivity index (χ3n) is 6.40. The molecule has 1 saturated heterocycles. The van der Waals surface area contributed by atoms with Crippen LogP contribution < -0.4 is 14.8 Å². The van der Waals surface area contributed by atoms with Crippen molar-refractivity contribution < 1.29 is 14.3 Å². The van der Waals surface area contributed by atoms with Gasteiger partial charge in [-0.15, -0.1) is 0 Å². The first-order valence-electron chi connectivity index (χ1n) is 10.8. The van der Waals surface area contributed by atoms with Gasteiger partial charge in [0, 0.05) is 31.0 Å². The van der Waals surface area contributed by atoms with Gasteiger partial charge in [0.2, 0.25) is 0 Å². The number of fused-ring (bicyclic) bond motifs is 4. The smallest absolute Gasteiger partial charge is 0.257 e. The molecule has 0 saturated carbocycles. The van der Waals surface area contributed by atoms with Crippen molar-refractivity contribution in [2.75, 3.05) is 32.1 Å². The SMILES string of the molecule is CCOc1ccccc1C(=O)N1CCC2(CC1)Nc1cc(OC)ccc1-n1cccc12. The van der Waals surface area contributed by atoms with E-state index in [0.29, 0.717) is 31.0 Å². The van der Waals surface area contributed by atoms with Crippen LogP contribution in [0.1, 0.15) is 35.8 Å². The summed E-state index contributed by atoms with van der Waals surface area (Å²) in [7, 11) is 1.69. The summed E-state index contributed by atoms with van der Waals surface area (Å²) in [5.41, 5.74) is 3.85. The average molecular weight is 418 g/mol. The predicted octanol–water partition coefficient (Wildman–Crippen LogP) is 4.44. The Kier molecular flexibility index (Phi) is 4.85. The topological polar surface area (TPSA) is 55.7 Å². The Labute approximate surface area is 182 Å². The third-order valence-corrected chi connectivity index (χ3v) is 6.40. The molecule has 6 nitrogen and oxygen atoms in total. The van der Waals surface area contributed by atoms with E-state index < -0.39 is 0 Å². The number of benzene rings is 2. The molecule has 0 bridgehead atoms. The lowest BCUT2D eigenvalue weighted by molar-refractivity contribution is 0.0672. The molecule has 2 aliphatic rings. The molecule has 160 valence electrons. The summed E-state index contributed by atoms with van der Waals surface area (Å²) in [5.74, 6) is 1.52. The van der Waals surface area contributed by atoms with Gasteiger partial charge in [-0.2, -0.15) is 0 Å². The van der Waals surface area contributed by atoms with E-state index in [1.807, 2.05) is 42.2 Å². The van der Waals surface area contributed by atoms with Crippen LogP contribution in [-0.2, 0) is 5.54 Å². The number of carbonyl (C=O) groups is 1. The highest BCUT2D eigenvalue weighted by molar-refractivity contribution is 5.97. The number of hydrogen-bond donors (Lipinski definition) is 1. The molecular weight excluding hydrogens is 390 g/mol. The zero-order valence-corrected chi connectivity index (χ0v) is 17.9. The molecule has 3 aromatic rings. The van der Waals surface area contributed by atoms with Crippen LogP contribution in [0.5, 0.6) is 11.5 Å². The number of rotatable bonds is 4. The highest BCUT2D eigenvalue weighted by Crippen LogP contribution is 2.44. The summed E-state index contributed by atoms with van der Waals surface area (Å²) in [6, 6.07) is 17.9. The van der Waals surface area contributed by atoms with Crippen molar-refractivity contribution in [1.29, 1.82) is 0 Å². The third kappa shape index (κ3) is 3.23. The van der Waals surface area contributed by atoms with Gasteiger partial charge in [0.1, 0.15) is 11.5 Å². The van der Waals surface area contributed by atoms with Crippen molar-refractivity contribution in [1.82, 2.24) is 9.47 Å². The second kappa shape index (κ2) is 7.69. The Hall–Kier alpha value is -3.41. The lowest BCUT2D eigenvalue weighted by atomic mass is 9.82. The van der Waals surface area contributed by atoms with Gasteiger partial charge in [-0.3, -0.25) is 4.79 Å². The minimum absolute atomic E-state index is 0.0344. The Morgan fingerprint density at radius 1 is 1.10 bits per heavy atom. The standard InChI is InChI=1S/C25H27N3O3/c1-3-31-22-8-5-4-7-19(22)24(29)27-15-12-25(13-16-27)23-9-6-14-28(23)21-11-10-18(30-2)17-20(21)26-25/h4-11,14,17,26H,3,12-13,15-16H2,1-2H3. The maximum Gasteiger partial charge on any atom is 0.257 e. The van der Waals surface area contributed by atoms with Gasteiger partial charge < -0.3 is 24.3 Å². The van der Waals surface area contributed by atoms with Crippen molar-refractivity contribution in [3.8, 4) is 17.2 Å². The molecule has 3 heterocycles. The fourth-order valence-electron chi connectivity index (χ4n) is 4.82. The van der Waals surface area contributed by atoms with Crippen LogP contribution in [0, 0.1) is 0 Å². The first-order chi connectivity index (χ1) is 15.1. The molecule has 2 aromatic carbocycles. The zero-order valence-electron chi connectivity index (χ0n) is 17.9. The number of para-hydroxylation sites is 1. The number of methoxy groups -OCH3 is 1. The normalized spacial score (nSPS) is 16.3. The average Bonchev–Trinajstić information content (AvgIpc) is 3.31. The van der Waals surface area contributed by atoms with Crippen molar-refractivity contribution in [3.05, 3.63) is 72.1 Å². The molecule has 1 fully saturated rings. The van der Waals surface area contributed by atoms with Crippen LogP contribution in [-0.4, -0.2) is 42.2 Å². The summed E-state index contributed by atoms with van der Waals surface area (Å²) in [5, 5.41) is 3.80. The lowest BCUT2D eigenvalue weighted by Gasteiger charge is -2.46. The van der Waals surface area contributed by atoms with E-state index in [1.54, 1.807) is 7.11 Å². The van der Waals surface area contributed by atoms with E-state index >= 15 is 0 Å². The predicted molar refractivity (Wildman–Crippen MR) is 120 cm³/mol. The van der Waals surface area contributed by atoms with Crippen molar-refractivity contribution >= 4 is 11.6 Å². The molecule has 1 aromatic heterocycles. The quantitative estimate of drug-likeness (QED) is 0.682. The zero-order chi connectivity index (χ0) is 21.4. The summed E-state index contributed by atoms with van der Waals surface area (Å²) in [4.78, 5) is 15.2. The highest BCUT2D eigenvalue weighted by Gasteiger charge is 2.42. The maximum atomic E-state index is 13.2. The number of hydrogen-bond acceptors (Lipinski definition) is 4. The van der Waals surface area contributed by atoms with Gasteiger partial charge in [-0.1, -0.05) is 12.1 Å². The number of piperidine rings is 1. The number of aromatic nitrogens is 1. The minimum Gasteiger partial charge on any atom is -0.497 e. The summed E-state index contributed by atoms with van der Waals surface area (Å²) < 4.78 is 13.4. The van der Waals surface area contributed by atoms with Gasteiger partial charge in [0.05, 0.1) is 36.2 Å². The Morgan fingerprint density at radius 3 is 2.68 bits per heavy atom. The van der Waals surface area contributed by atoms with Crippen LogP contribution in [0.2, 0.25) is 0 Å². The fraction of sp³-hybridized carbons (Fsp3) is 0.320. The monoisotopic (exact) mass is 417 g/mol. The molecule has 0 radical (unpaired) electrons. The molecule has 31 heavy (non-hydrogen) atoms. The van der Waals surface area contributed by atoms with E-state index in [0.717, 1.165) is 30.0 Å². The Bertz CT molecular complexity index is 1110. The van der Waals surface area contributed by atoms with Crippen LogP contribution in [0.3, 0.4) is 0 Å². The molecule has 1 N–H and O–H groups in total. The molecular formula is C25H27N3O3. The van der Waals surface area contributed by atoms with Crippen LogP contribution in [0.25, 0.3) is 5.69 Å². The molecule has 5 rings (SSSR count). The Balaban J connectivity index is 1.40. The molecule has 6 heteroatoms. The number of nitrogens with one attached hydrogen (secondary N) is 1. The van der Waals surface area contributed by atoms with Gasteiger partial charge >= 0.3 is 0 Å². The summed E-state index contributed by atoms with van der Waals surface area (Å²) in [6.07, 6.45) is 3.77. The Morgan fingerprint density at radius 2 is 1.90 bits per heavy atom. The van der Waals surface area contributed by atoms with E-state index in [1.165, 1.54) is 5.69 Å². The van der Waals surface area contributed by atoms with Crippen molar-refractivity contribution in [2.45, 2.75) is 25.3 Å². The summed E-state index contributed by atoms with van der Waals surface area (Å²) >= 11 is 0. The van der Waals surface area contributed by atoms with Crippen LogP contribution in [0.15, 0.2) is 60.8 Å². The highest BCUT2D eigenvalue weighted by atomic mass is 16.5. The fourth-order valence-corrected chi connectivity index (χ4v) is 4.82. The van der Waals surface area contributed by atoms with Crippen molar-refractivity contribution in [2.24, 2.45) is 0 Å². The van der Waals surface area contributed by atoms with Gasteiger partial charge in [-0.25, -0.2) is 0 Å². The molecule has 0 aliphatic carbocycles. The first-order valence-corrected chi connectivity index (χ1v) is 10.8. The lowest BCUT2D eigenvalue weighted by Crippen LogP contribution is -2.51. The molecule has 2 aliphatic heterocycles. The van der Waals surface area contributed by atoms with Gasteiger partial charge in [0.15, 0.2) is 0 Å². The van der Waals surface area contributed by atoms with Crippen LogP contribution >= 0.6 is 0 Å². The van der Waals surface area contributed by atoms with Gasteiger partial charge in [-0.05, 0) is 56.2 Å². The van der Waals surface area contributed by atoms with E-state index in [2.05, 4.69) is 40.3 Å². The van der Waals surface area contributed by atoms with E-state index in [4.69, 9.17) is 9.47 Å². The first kappa shape index (κ1) is 19.5. The van der Waals surface area contributed by atoms with Gasteiger partial charge in [0.25, 0.3) is 5.91 Å². The number of ether oxygens (including phenoxy) is 2. The molecule has 0 atom stereocenters. The number of carbonyl (C=O) groups excluding carboxylic acids is 1. The molecule has 1 amide bonds. The van der Waals surface area contributed by atoms with E-state index in [-0.39, 0.29) is 11.4 Å². The molecule has 1 spiro atoms. The van der Waals surface area contributed by atoms with E-state index in [9.17, 15) is 4.79 Å². The number of likely N-dealkylation sites (tertiary alicyclic amines) is 1. The second-order valence-corrected chi connectivity index (χ2v) is 8.07. The minimum atomic E-state index is -0.209. The number of anilines is 1. The second-order valence-electron chi connectivity index (χ2n) is 8.07. The maximum absolute atomic E-state index is 13.2.